The van der Waals surface area contributed by atoms with Crippen molar-refractivity contribution in [2.45, 2.75) is 26.2 Å². The Bertz CT molecular complexity index is 669. The van der Waals surface area contributed by atoms with Gasteiger partial charge >= 0.3 is 0 Å². The molecule has 0 aliphatic heterocycles. The van der Waals surface area contributed by atoms with Gasteiger partial charge in [0.2, 0.25) is 0 Å². The quantitative estimate of drug-likeness (QED) is 0.470. The summed E-state index contributed by atoms with van der Waals surface area (Å²) in [7, 11) is 0. The van der Waals surface area contributed by atoms with Crippen molar-refractivity contribution in [2.75, 3.05) is 10.6 Å². The van der Waals surface area contributed by atoms with E-state index in [2.05, 4.69) is 29.4 Å². The fraction of sp³-hybridized carbons (Fsp3) is 0.211. The average molecular weight is 308 g/mol. The Morgan fingerprint density at radius 3 is 2.50 bits per heavy atom. The zero-order chi connectivity index (χ0) is 15.6. The molecular formula is C19H20N2S. The normalized spacial score (nSPS) is 9.50. The van der Waals surface area contributed by atoms with Crippen LogP contribution < -0.4 is 10.6 Å². The molecule has 2 N–H and O–H groups in total. The van der Waals surface area contributed by atoms with Gasteiger partial charge in [-0.1, -0.05) is 55.5 Å². The van der Waals surface area contributed by atoms with Crippen molar-refractivity contribution in [2.24, 2.45) is 0 Å². The summed E-state index contributed by atoms with van der Waals surface area (Å²) >= 11 is 5.36. The summed E-state index contributed by atoms with van der Waals surface area (Å²) in [5.41, 5.74) is 2.86. The lowest BCUT2D eigenvalue weighted by atomic mass is 10.1. The molecule has 0 radical (unpaired) electrons. The van der Waals surface area contributed by atoms with Crippen molar-refractivity contribution in [1.29, 1.82) is 0 Å². The van der Waals surface area contributed by atoms with Crippen LogP contribution in [0, 0.1) is 11.8 Å². The minimum atomic E-state index is 0.564. The van der Waals surface area contributed by atoms with Gasteiger partial charge in [-0.05, 0) is 42.9 Å². The molecule has 0 atom stereocenters. The number of hydrogen-bond acceptors (Lipinski definition) is 1. The van der Waals surface area contributed by atoms with Crippen LogP contribution in [0.3, 0.4) is 0 Å². The van der Waals surface area contributed by atoms with Gasteiger partial charge in [0.05, 0.1) is 5.69 Å². The van der Waals surface area contributed by atoms with Crippen molar-refractivity contribution in [3.63, 3.8) is 0 Å². The van der Waals surface area contributed by atoms with Crippen molar-refractivity contribution >= 4 is 28.7 Å². The molecule has 0 spiro atoms. The first-order valence-electron chi connectivity index (χ1n) is 7.50. The number of nitrogens with one attached hydrogen (secondary N) is 2. The van der Waals surface area contributed by atoms with Gasteiger partial charge in [-0.25, -0.2) is 0 Å². The Labute approximate surface area is 138 Å². The molecule has 0 aliphatic rings. The highest BCUT2D eigenvalue weighted by Crippen LogP contribution is 2.15. The Hall–Kier alpha value is -2.31. The predicted molar refractivity (Wildman–Crippen MR) is 99.1 cm³/mol. The van der Waals surface area contributed by atoms with E-state index in [1.807, 2.05) is 54.6 Å². The molecule has 2 aromatic carbocycles. The fourth-order valence-electron chi connectivity index (χ4n) is 1.93. The molecule has 2 rings (SSSR count). The molecule has 3 heteroatoms. The first kappa shape index (κ1) is 16.1. The van der Waals surface area contributed by atoms with E-state index in [1.165, 1.54) is 6.42 Å². The third-order valence-corrected chi connectivity index (χ3v) is 3.29. The summed E-state index contributed by atoms with van der Waals surface area (Å²) in [6.45, 7) is 2.17. The number of para-hydroxylation sites is 2. The fourth-order valence-corrected chi connectivity index (χ4v) is 2.16. The molecule has 0 fully saturated rings. The van der Waals surface area contributed by atoms with Gasteiger partial charge in [0.1, 0.15) is 0 Å². The zero-order valence-corrected chi connectivity index (χ0v) is 13.5. The molecule has 112 valence electrons. The number of rotatable bonds is 4. The maximum absolute atomic E-state index is 5.36. The molecule has 0 saturated carbocycles. The molecular weight excluding hydrogens is 288 g/mol. The highest BCUT2D eigenvalue weighted by Gasteiger charge is 2.02. The summed E-state index contributed by atoms with van der Waals surface area (Å²) in [5.74, 6) is 6.43. The summed E-state index contributed by atoms with van der Waals surface area (Å²) in [6, 6.07) is 17.8. The molecule has 0 saturated heterocycles. The van der Waals surface area contributed by atoms with Gasteiger partial charge in [0.15, 0.2) is 5.11 Å². The average Bonchev–Trinajstić information content (AvgIpc) is 2.54. The minimum absolute atomic E-state index is 0.564. The van der Waals surface area contributed by atoms with Crippen LogP contribution in [0.15, 0.2) is 54.6 Å². The van der Waals surface area contributed by atoms with E-state index in [1.54, 1.807) is 0 Å². The third kappa shape index (κ3) is 5.23. The minimum Gasteiger partial charge on any atom is -0.332 e. The van der Waals surface area contributed by atoms with Crippen LogP contribution in [0.25, 0.3) is 0 Å². The van der Waals surface area contributed by atoms with E-state index in [0.29, 0.717) is 5.11 Å². The van der Waals surface area contributed by atoms with Gasteiger partial charge in [-0.3, -0.25) is 0 Å². The second kappa shape index (κ2) is 8.86. The molecule has 2 nitrogen and oxygen atoms in total. The Morgan fingerprint density at radius 1 is 1.00 bits per heavy atom. The molecule has 0 aromatic heterocycles. The topological polar surface area (TPSA) is 24.1 Å². The van der Waals surface area contributed by atoms with Crippen LogP contribution in [0.4, 0.5) is 11.4 Å². The van der Waals surface area contributed by atoms with E-state index in [0.717, 1.165) is 29.8 Å². The van der Waals surface area contributed by atoms with Crippen molar-refractivity contribution in [1.82, 2.24) is 0 Å². The highest BCUT2D eigenvalue weighted by atomic mass is 32.1. The maximum Gasteiger partial charge on any atom is 0.175 e. The Morgan fingerprint density at radius 2 is 1.73 bits per heavy atom. The van der Waals surface area contributed by atoms with Crippen LogP contribution in [0.1, 0.15) is 31.7 Å². The summed E-state index contributed by atoms with van der Waals surface area (Å²) in [5, 5.41) is 6.95. The van der Waals surface area contributed by atoms with E-state index in [-0.39, 0.29) is 0 Å². The van der Waals surface area contributed by atoms with Crippen LogP contribution in [-0.4, -0.2) is 5.11 Å². The third-order valence-electron chi connectivity index (χ3n) is 3.09. The van der Waals surface area contributed by atoms with Gasteiger partial charge in [-0.2, -0.15) is 0 Å². The lowest BCUT2D eigenvalue weighted by Crippen LogP contribution is -2.19. The Balaban J connectivity index is 2.02. The number of anilines is 2. The van der Waals surface area contributed by atoms with Crippen molar-refractivity contribution in [3.8, 4) is 11.8 Å². The zero-order valence-electron chi connectivity index (χ0n) is 12.7. The number of thiocarbonyl (C=S) groups is 1. The number of unbranched alkanes of at least 4 members (excludes halogenated alkanes) is 2. The highest BCUT2D eigenvalue weighted by molar-refractivity contribution is 7.80. The molecule has 0 unspecified atom stereocenters. The molecule has 22 heavy (non-hydrogen) atoms. The van der Waals surface area contributed by atoms with E-state index in [4.69, 9.17) is 12.2 Å². The number of hydrogen-bond donors (Lipinski definition) is 2. The lowest BCUT2D eigenvalue weighted by molar-refractivity contribution is 0.828. The monoisotopic (exact) mass is 308 g/mol. The van der Waals surface area contributed by atoms with Gasteiger partial charge in [0, 0.05) is 17.7 Å². The second-order valence-corrected chi connectivity index (χ2v) is 5.30. The van der Waals surface area contributed by atoms with E-state index < -0.39 is 0 Å². The number of benzene rings is 2. The second-order valence-electron chi connectivity index (χ2n) is 4.90. The van der Waals surface area contributed by atoms with Gasteiger partial charge in [-0.15, -0.1) is 0 Å². The first-order chi connectivity index (χ1) is 10.8. The largest absolute Gasteiger partial charge is 0.332 e. The predicted octanol–water partition coefficient (Wildman–Crippen LogP) is 5.04. The van der Waals surface area contributed by atoms with E-state index in [9.17, 15) is 0 Å². The van der Waals surface area contributed by atoms with Gasteiger partial charge < -0.3 is 10.6 Å². The van der Waals surface area contributed by atoms with E-state index >= 15 is 0 Å². The molecule has 0 heterocycles. The van der Waals surface area contributed by atoms with Crippen LogP contribution in [0.5, 0.6) is 0 Å². The van der Waals surface area contributed by atoms with Crippen LogP contribution >= 0.6 is 12.2 Å². The summed E-state index contributed by atoms with van der Waals surface area (Å²) in [4.78, 5) is 0. The van der Waals surface area contributed by atoms with Gasteiger partial charge in [0.25, 0.3) is 0 Å². The van der Waals surface area contributed by atoms with Crippen molar-refractivity contribution in [3.05, 3.63) is 60.2 Å². The standard InChI is InChI=1S/C19H20N2S/c1-2-3-4-6-11-16-12-9-10-15-18(16)21-19(22)20-17-13-7-5-8-14-17/h5,7-10,12-15H,2-4H2,1H3,(H2,20,21,22). The lowest BCUT2D eigenvalue weighted by Gasteiger charge is -2.11. The molecule has 0 bridgehead atoms. The van der Waals surface area contributed by atoms with Crippen LogP contribution in [-0.2, 0) is 0 Å². The summed E-state index contributed by atoms with van der Waals surface area (Å²) < 4.78 is 0. The molecule has 0 amide bonds. The van der Waals surface area contributed by atoms with Crippen LogP contribution in [0.2, 0.25) is 0 Å². The van der Waals surface area contributed by atoms with Crippen molar-refractivity contribution < 1.29 is 0 Å². The smallest absolute Gasteiger partial charge is 0.175 e. The maximum atomic E-state index is 5.36. The molecule has 2 aromatic rings. The molecule has 0 aliphatic carbocycles. The summed E-state index contributed by atoms with van der Waals surface area (Å²) in [6.07, 6.45) is 3.23. The Kier molecular flexibility index (Phi) is 6.47. The first-order valence-corrected chi connectivity index (χ1v) is 7.91. The SMILES string of the molecule is CCCCC#Cc1ccccc1NC(=S)Nc1ccccc1.